The van der Waals surface area contributed by atoms with Gasteiger partial charge in [-0.25, -0.2) is 13.1 Å². The van der Waals surface area contributed by atoms with Crippen LogP contribution in [0.25, 0.3) is 0 Å². The first-order valence-electron chi connectivity index (χ1n) is 7.34. The monoisotopic (exact) mass is 329 g/mol. The van der Waals surface area contributed by atoms with E-state index in [4.69, 9.17) is 10.2 Å². The van der Waals surface area contributed by atoms with E-state index in [0.29, 0.717) is 24.8 Å². The normalized spacial score (nSPS) is 22.8. The Morgan fingerprint density at radius 1 is 1.50 bits per heavy atom. The minimum absolute atomic E-state index is 0.0268. The molecule has 2 heterocycles. The quantitative estimate of drug-likeness (QED) is 0.819. The zero-order chi connectivity index (χ0) is 16.3. The van der Waals surface area contributed by atoms with Crippen LogP contribution in [0.3, 0.4) is 0 Å². The Morgan fingerprint density at radius 2 is 2.23 bits per heavy atom. The summed E-state index contributed by atoms with van der Waals surface area (Å²) in [6.45, 7) is 3.29. The number of sulfonamides is 1. The maximum absolute atomic E-state index is 12.5. The molecule has 0 spiro atoms. The Morgan fingerprint density at radius 3 is 2.86 bits per heavy atom. The molecule has 0 aromatic carbocycles. The molecule has 8 heteroatoms. The highest BCUT2D eigenvalue weighted by atomic mass is 32.2. The number of hydrogen-bond donors (Lipinski definition) is 2. The van der Waals surface area contributed by atoms with Crippen molar-refractivity contribution in [1.29, 1.82) is 0 Å². The highest BCUT2D eigenvalue weighted by molar-refractivity contribution is 7.88. The summed E-state index contributed by atoms with van der Waals surface area (Å²) in [7, 11) is -3.29. The van der Waals surface area contributed by atoms with Crippen LogP contribution in [0.2, 0.25) is 0 Å². The van der Waals surface area contributed by atoms with E-state index in [9.17, 15) is 13.2 Å². The molecule has 2 atom stereocenters. The molecule has 1 aromatic rings. The summed E-state index contributed by atoms with van der Waals surface area (Å²) in [4.78, 5) is 14.3. The molecular formula is C14H23N3O4S. The van der Waals surface area contributed by atoms with E-state index < -0.39 is 10.0 Å². The number of furan rings is 1. The molecule has 7 nitrogen and oxygen atoms in total. The lowest BCUT2D eigenvalue weighted by atomic mass is 9.92. The SMILES string of the molecule is CC1CCN(C(=O)c2ccc(CNS(C)(=O)=O)o2)C(CN)C1. The molecule has 22 heavy (non-hydrogen) atoms. The molecule has 0 radical (unpaired) electrons. The summed E-state index contributed by atoms with van der Waals surface area (Å²) in [5.74, 6) is 0.999. The van der Waals surface area contributed by atoms with E-state index in [1.165, 1.54) is 0 Å². The third kappa shape index (κ3) is 4.31. The van der Waals surface area contributed by atoms with Gasteiger partial charge < -0.3 is 15.1 Å². The lowest BCUT2D eigenvalue weighted by molar-refractivity contribution is 0.0540. The van der Waals surface area contributed by atoms with Crippen LogP contribution in [0.1, 0.15) is 36.1 Å². The number of amides is 1. The second-order valence-corrected chi connectivity index (χ2v) is 7.71. The average molecular weight is 329 g/mol. The fraction of sp³-hybridized carbons (Fsp3) is 0.643. The number of carbonyl (C=O) groups excluding carboxylic acids is 1. The predicted octanol–water partition coefficient (Wildman–Crippen LogP) is 0.528. The van der Waals surface area contributed by atoms with Gasteiger partial charge in [0.25, 0.3) is 5.91 Å². The summed E-state index contributed by atoms with van der Waals surface area (Å²) in [5.41, 5.74) is 5.77. The summed E-state index contributed by atoms with van der Waals surface area (Å²) >= 11 is 0. The van der Waals surface area contributed by atoms with E-state index in [1.807, 2.05) is 0 Å². The van der Waals surface area contributed by atoms with E-state index in [0.717, 1.165) is 19.1 Å². The van der Waals surface area contributed by atoms with Crippen molar-refractivity contribution in [2.24, 2.45) is 11.7 Å². The van der Waals surface area contributed by atoms with Crippen LogP contribution in [-0.2, 0) is 16.6 Å². The summed E-state index contributed by atoms with van der Waals surface area (Å²) in [6, 6.07) is 3.21. The zero-order valence-corrected chi connectivity index (χ0v) is 13.7. The van der Waals surface area contributed by atoms with Crippen molar-refractivity contribution in [1.82, 2.24) is 9.62 Å². The number of likely N-dealkylation sites (tertiary alicyclic amines) is 1. The third-order valence-electron chi connectivity index (χ3n) is 3.89. The summed E-state index contributed by atoms with van der Waals surface area (Å²) < 4.78 is 29.9. The second kappa shape index (κ2) is 6.80. The molecule has 1 aliphatic rings. The molecule has 1 aromatic heterocycles. The number of rotatable bonds is 5. The summed E-state index contributed by atoms with van der Waals surface area (Å²) in [6.07, 6.45) is 2.92. The van der Waals surface area contributed by atoms with Gasteiger partial charge in [0.05, 0.1) is 12.8 Å². The largest absolute Gasteiger partial charge is 0.455 e. The van der Waals surface area contributed by atoms with Crippen molar-refractivity contribution < 1.29 is 17.6 Å². The lowest BCUT2D eigenvalue weighted by Crippen LogP contribution is -2.49. The number of nitrogens with zero attached hydrogens (tertiary/aromatic N) is 1. The molecule has 3 N–H and O–H groups in total. The smallest absolute Gasteiger partial charge is 0.289 e. The van der Waals surface area contributed by atoms with Gasteiger partial charge in [-0.2, -0.15) is 0 Å². The summed E-state index contributed by atoms with van der Waals surface area (Å²) in [5, 5.41) is 0. The number of nitrogens with two attached hydrogens (primary N) is 1. The van der Waals surface area contributed by atoms with Crippen LogP contribution in [0.5, 0.6) is 0 Å². The lowest BCUT2D eigenvalue weighted by Gasteiger charge is -2.37. The number of piperidine rings is 1. The number of hydrogen-bond acceptors (Lipinski definition) is 5. The van der Waals surface area contributed by atoms with Crippen molar-refractivity contribution in [2.45, 2.75) is 32.4 Å². The Hall–Kier alpha value is -1.38. The van der Waals surface area contributed by atoms with Gasteiger partial charge in [0.1, 0.15) is 5.76 Å². The van der Waals surface area contributed by atoms with Crippen LogP contribution < -0.4 is 10.5 Å². The van der Waals surface area contributed by atoms with E-state index in [-0.39, 0.29) is 24.3 Å². The van der Waals surface area contributed by atoms with Gasteiger partial charge in [-0.05, 0) is 30.9 Å². The van der Waals surface area contributed by atoms with Gasteiger partial charge in [-0.1, -0.05) is 6.92 Å². The molecule has 124 valence electrons. The molecule has 1 aliphatic heterocycles. The van der Waals surface area contributed by atoms with Crippen LogP contribution in [0.15, 0.2) is 16.5 Å². The number of nitrogens with one attached hydrogen (secondary N) is 1. The highest BCUT2D eigenvalue weighted by Gasteiger charge is 2.30. The van der Waals surface area contributed by atoms with Gasteiger partial charge in [0.15, 0.2) is 5.76 Å². The van der Waals surface area contributed by atoms with Crippen molar-refractivity contribution in [3.05, 3.63) is 23.7 Å². The molecule has 0 saturated carbocycles. The van der Waals surface area contributed by atoms with Crippen molar-refractivity contribution in [3.63, 3.8) is 0 Å². The fourth-order valence-corrected chi connectivity index (χ4v) is 3.08. The first kappa shape index (κ1) is 17.0. The van der Waals surface area contributed by atoms with Gasteiger partial charge in [-0.3, -0.25) is 4.79 Å². The van der Waals surface area contributed by atoms with E-state index in [1.54, 1.807) is 17.0 Å². The Bertz CT molecular complexity index is 626. The minimum Gasteiger partial charge on any atom is -0.455 e. The molecule has 2 rings (SSSR count). The van der Waals surface area contributed by atoms with Crippen molar-refractivity contribution in [3.8, 4) is 0 Å². The van der Waals surface area contributed by atoms with Gasteiger partial charge in [0, 0.05) is 19.1 Å². The Kier molecular flexibility index (Phi) is 5.25. The van der Waals surface area contributed by atoms with Gasteiger partial charge in [-0.15, -0.1) is 0 Å². The zero-order valence-electron chi connectivity index (χ0n) is 12.9. The van der Waals surface area contributed by atoms with Crippen LogP contribution in [-0.4, -0.2) is 44.6 Å². The molecule has 1 fully saturated rings. The van der Waals surface area contributed by atoms with Crippen molar-refractivity contribution in [2.75, 3.05) is 19.3 Å². The Labute approximate surface area is 130 Å². The first-order valence-corrected chi connectivity index (χ1v) is 9.23. The average Bonchev–Trinajstić information content (AvgIpc) is 2.92. The standard InChI is InChI=1S/C14H23N3O4S/c1-10-5-6-17(11(7-10)8-15)14(18)13-4-3-12(21-13)9-16-22(2,19)20/h3-4,10-11,16H,5-9,15H2,1-2H3. The molecule has 0 aliphatic carbocycles. The topological polar surface area (TPSA) is 106 Å². The molecule has 1 saturated heterocycles. The fourth-order valence-electron chi connectivity index (χ4n) is 2.67. The third-order valence-corrected chi connectivity index (χ3v) is 4.56. The molecule has 2 unspecified atom stereocenters. The molecule has 0 bridgehead atoms. The van der Waals surface area contributed by atoms with Crippen LogP contribution in [0, 0.1) is 5.92 Å². The first-order chi connectivity index (χ1) is 10.3. The highest BCUT2D eigenvalue weighted by Crippen LogP contribution is 2.24. The maximum Gasteiger partial charge on any atom is 0.289 e. The maximum atomic E-state index is 12.5. The minimum atomic E-state index is -3.29. The molecule has 1 amide bonds. The number of carbonyl (C=O) groups is 1. The van der Waals surface area contributed by atoms with E-state index >= 15 is 0 Å². The molecular weight excluding hydrogens is 306 g/mol. The predicted molar refractivity (Wildman–Crippen MR) is 82.7 cm³/mol. The van der Waals surface area contributed by atoms with E-state index in [2.05, 4.69) is 11.6 Å². The van der Waals surface area contributed by atoms with Crippen LogP contribution in [0.4, 0.5) is 0 Å². The van der Waals surface area contributed by atoms with Gasteiger partial charge >= 0.3 is 0 Å². The van der Waals surface area contributed by atoms with Gasteiger partial charge in [0.2, 0.25) is 10.0 Å². The second-order valence-electron chi connectivity index (χ2n) is 5.88. The van der Waals surface area contributed by atoms with Crippen LogP contribution >= 0.6 is 0 Å². The van der Waals surface area contributed by atoms with Crippen molar-refractivity contribution >= 4 is 15.9 Å². The Balaban J connectivity index is 2.05.